The summed E-state index contributed by atoms with van der Waals surface area (Å²) in [4.78, 5) is 18.9. The summed E-state index contributed by atoms with van der Waals surface area (Å²) in [5.74, 6) is 1.70. The Labute approximate surface area is 259 Å². The van der Waals surface area contributed by atoms with Gasteiger partial charge in [0, 0.05) is 33.1 Å². The molecule has 7 rings (SSSR count). The van der Waals surface area contributed by atoms with Gasteiger partial charge in [0.05, 0.1) is 29.8 Å². The van der Waals surface area contributed by atoms with E-state index >= 15 is 0 Å². The molecular weight excluding hydrogens is 592 g/mol. The van der Waals surface area contributed by atoms with Crippen LogP contribution in [0.4, 0.5) is 4.39 Å². The van der Waals surface area contributed by atoms with Crippen LogP contribution in [0.2, 0.25) is 10.0 Å². The van der Waals surface area contributed by atoms with Gasteiger partial charge >= 0.3 is 5.97 Å². The van der Waals surface area contributed by atoms with Gasteiger partial charge in [-0.15, -0.1) is 0 Å². The Morgan fingerprint density at radius 2 is 1.88 bits per heavy atom. The average Bonchev–Trinajstić information content (AvgIpc) is 3.72. The Balaban J connectivity index is 1.09. The van der Waals surface area contributed by atoms with E-state index in [4.69, 9.17) is 37.7 Å². The molecule has 0 spiro atoms. The number of halogens is 3. The molecule has 1 atom stereocenters. The maximum absolute atomic E-state index is 13.9. The minimum atomic E-state index is -0.982. The molecule has 224 valence electrons. The number of piperidine rings is 1. The SMILES string of the molecule is O=C(O)c1ccc2nc(CN3CCC(c4cccc5c4O[C@@H](c4ccc(Cl)cc4Cl)CO5)CC3)n(CC3(CF)CC3)c2c1. The average molecular weight is 625 g/mol. The Hall–Kier alpha value is -3.33. The molecule has 1 N–H and O–H groups in total. The normalized spacial score (nSPS) is 19.9. The zero-order valence-electron chi connectivity index (χ0n) is 23.6. The van der Waals surface area contributed by atoms with Crippen LogP contribution in [0, 0.1) is 5.41 Å². The van der Waals surface area contributed by atoms with Crippen molar-refractivity contribution in [2.24, 2.45) is 5.41 Å². The predicted molar refractivity (Wildman–Crippen MR) is 163 cm³/mol. The van der Waals surface area contributed by atoms with Crippen molar-refractivity contribution in [3.8, 4) is 11.5 Å². The van der Waals surface area contributed by atoms with E-state index in [9.17, 15) is 14.3 Å². The minimum Gasteiger partial charge on any atom is -0.485 e. The molecule has 7 nitrogen and oxygen atoms in total. The van der Waals surface area contributed by atoms with Crippen LogP contribution < -0.4 is 9.47 Å². The van der Waals surface area contributed by atoms with E-state index in [1.54, 1.807) is 24.3 Å². The zero-order chi connectivity index (χ0) is 29.7. The van der Waals surface area contributed by atoms with E-state index in [0.29, 0.717) is 35.7 Å². The summed E-state index contributed by atoms with van der Waals surface area (Å²) in [5, 5.41) is 10.7. The van der Waals surface area contributed by atoms with E-state index in [0.717, 1.165) is 78.3 Å². The lowest BCUT2D eigenvalue weighted by Gasteiger charge is -2.35. The molecule has 3 heterocycles. The highest BCUT2D eigenvalue weighted by molar-refractivity contribution is 6.35. The Kier molecular flexibility index (Phi) is 7.48. The number of imidazole rings is 1. The number of carboxylic acids is 1. The van der Waals surface area contributed by atoms with Crippen LogP contribution in [0.5, 0.6) is 11.5 Å². The highest BCUT2D eigenvalue weighted by Gasteiger charge is 2.44. The number of aromatic nitrogens is 2. The molecule has 1 saturated carbocycles. The quantitative estimate of drug-likeness (QED) is 0.217. The molecule has 10 heteroatoms. The Bertz CT molecular complexity index is 1700. The number of alkyl halides is 1. The summed E-state index contributed by atoms with van der Waals surface area (Å²) in [6, 6.07) is 16.5. The van der Waals surface area contributed by atoms with Gasteiger partial charge in [-0.05, 0) is 81.1 Å². The molecule has 1 aliphatic carbocycles. The van der Waals surface area contributed by atoms with Crippen LogP contribution in [0.25, 0.3) is 11.0 Å². The third kappa shape index (κ3) is 5.56. The van der Waals surface area contributed by atoms with Crippen molar-refractivity contribution in [1.29, 1.82) is 0 Å². The van der Waals surface area contributed by atoms with E-state index < -0.39 is 5.97 Å². The first-order valence-corrected chi connectivity index (χ1v) is 15.5. The fraction of sp³-hybridized carbons (Fsp3) is 0.394. The zero-order valence-corrected chi connectivity index (χ0v) is 25.1. The Morgan fingerprint density at radius 1 is 1.07 bits per heavy atom. The number of likely N-dealkylation sites (tertiary alicyclic amines) is 1. The van der Waals surface area contributed by atoms with Gasteiger partial charge in [-0.3, -0.25) is 9.29 Å². The first-order valence-electron chi connectivity index (χ1n) is 14.7. The number of rotatable bonds is 8. The molecule has 3 aliphatic rings. The van der Waals surface area contributed by atoms with Gasteiger partial charge in [0.15, 0.2) is 17.6 Å². The second-order valence-corrected chi connectivity index (χ2v) is 12.9. The van der Waals surface area contributed by atoms with Crippen molar-refractivity contribution < 1.29 is 23.8 Å². The van der Waals surface area contributed by atoms with Crippen molar-refractivity contribution in [1.82, 2.24) is 14.5 Å². The largest absolute Gasteiger partial charge is 0.485 e. The van der Waals surface area contributed by atoms with E-state index in [1.807, 2.05) is 24.3 Å². The topological polar surface area (TPSA) is 76.8 Å². The summed E-state index contributed by atoms with van der Waals surface area (Å²) in [5.41, 5.74) is 3.33. The maximum atomic E-state index is 13.9. The predicted octanol–water partition coefficient (Wildman–Crippen LogP) is 7.68. The summed E-state index contributed by atoms with van der Waals surface area (Å²) < 4.78 is 28.6. The summed E-state index contributed by atoms with van der Waals surface area (Å²) in [6.45, 7) is 2.85. The number of ether oxygens (including phenoxy) is 2. The van der Waals surface area contributed by atoms with Crippen LogP contribution in [0.1, 0.15) is 65.0 Å². The molecule has 3 aromatic carbocycles. The van der Waals surface area contributed by atoms with Crippen molar-refractivity contribution in [3.05, 3.63) is 87.2 Å². The first-order chi connectivity index (χ1) is 20.8. The number of benzene rings is 3. The number of nitrogens with zero attached hydrogens (tertiary/aromatic N) is 3. The van der Waals surface area contributed by atoms with Crippen molar-refractivity contribution in [2.45, 2.75) is 50.8 Å². The third-order valence-corrected chi connectivity index (χ3v) is 9.73. The van der Waals surface area contributed by atoms with Crippen molar-refractivity contribution >= 4 is 40.2 Å². The van der Waals surface area contributed by atoms with Gasteiger partial charge < -0.3 is 19.1 Å². The van der Waals surface area contributed by atoms with Gasteiger partial charge in [0.25, 0.3) is 0 Å². The highest BCUT2D eigenvalue weighted by Crippen LogP contribution is 2.48. The summed E-state index contributed by atoms with van der Waals surface area (Å²) >= 11 is 12.6. The van der Waals surface area contributed by atoms with Gasteiger partial charge in [-0.2, -0.15) is 0 Å². The maximum Gasteiger partial charge on any atom is 0.335 e. The van der Waals surface area contributed by atoms with Crippen LogP contribution in [0.15, 0.2) is 54.6 Å². The number of carbonyl (C=O) groups is 1. The minimum absolute atomic E-state index is 0.212. The first kappa shape index (κ1) is 28.4. The van der Waals surface area contributed by atoms with Crippen LogP contribution >= 0.6 is 23.2 Å². The Morgan fingerprint density at radius 3 is 2.60 bits per heavy atom. The second kappa shape index (κ2) is 11.3. The highest BCUT2D eigenvalue weighted by atomic mass is 35.5. The van der Waals surface area contributed by atoms with E-state index in [-0.39, 0.29) is 23.8 Å². The lowest BCUT2D eigenvalue weighted by Crippen LogP contribution is -2.34. The number of aromatic carboxylic acids is 1. The van der Waals surface area contributed by atoms with Crippen molar-refractivity contribution in [2.75, 3.05) is 26.4 Å². The van der Waals surface area contributed by atoms with Gasteiger partial charge in [0.2, 0.25) is 0 Å². The van der Waals surface area contributed by atoms with Gasteiger partial charge in [0.1, 0.15) is 12.4 Å². The van der Waals surface area contributed by atoms with Crippen molar-refractivity contribution in [3.63, 3.8) is 0 Å². The lowest BCUT2D eigenvalue weighted by molar-refractivity contribution is 0.0697. The fourth-order valence-corrected chi connectivity index (χ4v) is 6.93. The third-order valence-electron chi connectivity index (χ3n) is 9.17. The van der Waals surface area contributed by atoms with E-state index in [2.05, 4.69) is 15.5 Å². The molecule has 2 fully saturated rings. The lowest BCUT2D eigenvalue weighted by atomic mass is 9.88. The van der Waals surface area contributed by atoms with Crippen LogP contribution in [-0.4, -0.2) is 51.9 Å². The molecule has 1 aromatic heterocycles. The smallest absolute Gasteiger partial charge is 0.335 e. The van der Waals surface area contributed by atoms with Crippen LogP contribution in [-0.2, 0) is 13.1 Å². The molecule has 0 bridgehead atoms. The van der Waals surface area contributed by atoms with Gasteiger partial charge in [-0.25, -0.2) is 9.78 Å². The molecular formula is C33H32Cl2FN3O4. The second-order valence-electron chi connectivity index (χ2n) is 12.1. The summed E-state index contributed by atoms with van der Waals surface area (Å²) in [7, 11) is 0. The molecule has 0 radical (unpaired) electrons. The number of hydrogen-bond donors (Lipinski definition) is 1. The number of hydrogen-bond acceptors (Lipinski definition) is 5. The molecule has 1 saturated heterocycles. The molecule has 4 aromatic rings. The number of carboxylic acid groups (broad SMARTS) is 1. The fourth-order valence-electron chi connectivity index (χ4n) is 6.40. The summed E-state index contributed by atoms with van der Waals surface area (Å²) in [6.07, 6.45) is 3.22. The van der Waals surface area contributed by atoms with Crippen LogP contribution in [0.3, 0.4) is 0 Å². The molecule has 43 heavy (non-hydrogen) atoms. The molecule has 0 unspecified atom stereocenters. The number of para-hydroxylation sites is 1. The molecule has 0 amide bonds. The van der Waals surface area contributed by atoms with E-state index in [1.165, 1.54) is 0 Å². The van der Waals surface area contributed by atoms with Gasteiger partial charge in [-0.1, -0.05) is 41.4 Å². The molecule has 2 aliphatic heterocycles. The number of fused-ring (bicyclic) bond motifs is 2. The standard InChI is InChI=1S/C33H32Cl2FN3O4/c34-22-5-6-24(25(35)15-22)29-17-42-28-3-1-2-23(31(28)43-29)20-8-12-38(13-9-20)16-30-37-26-7-4-21(32(40)41)14-27(26)39(30)19-33(18-36)10-11-33/h1-7,14-15,20,29H,8-13,16-19H2,(H,40,41)/t29-/m1/s1. The monoisotopic (exact) mass is 623 g/mol.